The summed E-state index contributed by atoms with van der Waals surface area (Å²) < 4.78 is 9.73. The standard InChI is InChI=1S/C13H13N3O5/c1-20-6-8-5-11(16-21-8)12(17)15-10-4-7(14)2-3-9(10)13(18)19/h2-5H,6,14H2,1H3,(H,15,17)(H,18,19). The molecular weight excluding hydrogens is 278 g/mol. The number of carbonyl (C=O) groups is 2. The van der Waals surface area contributed by atoms with E-state index in [0.717, 1.165) is 0 Å². The molecule has 0 spiro atoms. The molecule has 0 saturated carbocycles. The lowest BCUT2D eigenvalue weighted by molar-refractivity contribution is 0.0698. The summed E-state index contributed by atoms with van der Waals surface area (Å²) in [6.45, 7) is 0.180. The number of anilines is 2. The number of benzene rings is 1. The largest absolute Gasteiger partial charge is 0.478 e. The van der Waals surface area contributed by atoms with Gasteiger partial charge < -0.3 is 25.4 Å². The minimum Gasteiger partial charge on any atom is -0.478 e. The summed E-state index contributed by atoms with van der Waals surface area (Å²) in [7, 11) is 1.48. The van der Waals surface area contributed by atoms with Crippen LogP contribution >= 0.6 is 0 Å². The fourth-order valence-electron chi connectivity index (χ4n) is 1.67. The summed E-state index contributed by atoms with van der Waals surface area (Å²) in [5.41, 5.74) is 5.95. The first-order chi connectivity index (χ1) is 10.0. The van der Waals surface area contributed by atoms with Crippen LogP contribution in [0.15, 0.2) is 28.8 Å². The van der Waals surface area contributed by atoms with Gasteiger partial charge in [0.05, 0.1) is 11.3 Å². The highest BCUT2D eigenvalue weighted by Gasteiger charge is 2.17. The Morgan fingerprint density at radius 3 is 2.86 bits per heavy atom. The van der Waals surface area contributed by atoms with Gasteiger partial charge in [0.15, 0.2) is 11.5 Å². The number of nitrogen functional groups attached to an aromatic ring is 1. The maximum absolute atomic E-state index is 12.0. The van der Waals surface area contributed by atoms with Gasteiger partial charge in [0.1, 0.15) is 6.61 Å². The van der Waals surface area contributed by atoms with Crippen LogP contribution in [0.25, 0.3) is 0 Å². The van der Waals surface area contributed by atoms with Crippen molar-refractivity contribution in [1.82, 2.24) is 5.16 Å². The van der Waals surface area contributed by atoms with Crippen molar-refractivity contribution >= 4 is 23.3 Å². The van der Waals surface area contributed by atoms with Crippen LogP contribution in [0.3, 0.4) is 0 Å². The molecule has 0 atom stereocenters. The van der Waals surface area contributed by atoms with Gasteiger partial charge in [-0.3, -0.25) is 4.79 Å². The zero-order chi connectivity index (χ0) is 15.4. The molecule has 8 nitrogen and oxygen atoms in total. The molecule has 110 valence electrons. The van der Waals surface area contributed by atoms with Gasteiger partial charge in [-0.25, -0.2) is 4.79 Å². The van der Waals surface area contributed by atoms with Crippen LogP contribution in [0.5, 0.6) is 0 Å². The third-order valence-corrected chi connectivity index (χ3v) is 2.60. The van der Waals surface area contributed by atoms with Crippen molar-refractivity contribution in [3.63, 3.8) is 0 Å². The van der Waals surface area contributed by atoms with Crippen molar-refractivity contribution in [2.24, 2.45) is 0 Å². The van der Waals surface area contributed by atoms with Crippen LogP contribution in [0.1, 0.15) is 26.6 Å². The molecule has 0 bridgehead atoms. The number of nitrogens with two attached hydrogens (primary N) is 1. The molecule has 0 aliphatic heterocycles. The van der Waals surface area contributed by atoms with E-state index in [1.54, 1.807) is 0 Å². The van der Waals surface area contributed by atoms with Gasteiger partial charge in [-0.1, -0.05) is 5.16 Å². The third kappa shape index (κ3) is 3.37. The molecule has 0 aliphatic rings. The van der Waals surface area contributed by atoms with Gasteiger partial charge in [0.25, 0.3) is 5.91 Å². The zero-order valence-corrected chi connectivity index (χ0v) is 11.1. The molecule has 4 N–H and O–H groups in total. The number of hydrogen-bond donors (Lipinski definition) is 3. The van der Waals surface area contributed by atoms with E-state index in [-0.39, 0.29) is 23.6 Å². The van der Waals surface area contributed by atoms with Crippen LogP contribution in [-0.2, 0) is 11.3 Å². The summed E-state index contributed by atoms with van der Waals surface area (Å²) in [5.74, 6) is -1.39. The van der Waals surface area contributed by atoms with Gasteiger partial charge in [-0.05, 0) is 18.2 Å². The minimum absolute atomic E-state index is 0.0146. The van der Waals surface area contributed by atoms with Gasteiger partial charge in [0.2, 0.25) is 0 Å². The number of methoxy groups -OCH3 is 1. The SMILES string of the molecule is COCc1cc(C(=O)Nc2cc(N)ccc2C(=O)O)no1. The molecule has 2 aromatic rings. The smallest absolute Gasteiger partial charge is 0.337 e. The van der Waals surface area contributed by atoms with Crippen molar-refractivity contribution in [1.29, 1.82) is 0 Å². The van der Waals surface area contributed by atoms with Gasteiger partial charge in [-0.15, -0.1) is 0 Å². The third-order valence-electron chi connectivity index (χ3n) is 2.60. The second-order valence-corrected chi connectivity index (χ2v) is 4.18. The molecule has 1 heterocycles. The molecule has 0 aliphatic carbocycles. The monoisotopic (exact) mass is 291 g/mol. The Hall–Kier alpha value is -2.87. The van der Waals surface area contributed by atoms with Crippen molar-refractivity contribution in [2.75, 3.05) is 18.2 Å². The number of aromatic carboxylic acids is 1. The highest BCUT2D eigenvalue weighted by molar-refractivity contribution is 6.07. The number of ether oxygens (including phenoxy) is 1. The topological polar surface area (TPSA) is 128 Å². The van der Waals surface area contributed by atoms with Crippen molar-refractivity contribution < 1.29 is 24.0 Å². The Bertz CT molecular complexity index is 680. The number of hydrogen-bond acceptors (Lipinski definition) is 6. The summed E-state index contributed by atoms with van der Waals surface area (Å²) in [4.78, 5) is 23.1. The molecule has 0 saturated heterocycles. The first-order valence-corrected chi connectivity index (χ1v) is 5.90. The van der Waals surface area contributed by atoms with Crippen molar-refractivity contribution in [2.45, 2.75) is 6.61 Å². The van der Waals surface area contributed by atoms with E-state index in [1.807, 2.05) is 0 Å². The number of aromatic nitrogens is 1. The van der Waals surface area contributed by atoms with Gasteiger partial charge >= 0.3 is 5.97 Å². The summed E-state index contributed by atoms with van der Waals surface area (Å²) >= 11 is 0. The maximum atomic E-state index is 12.0. The molecule has 1 amide bonds. The zero-order valence-electron chi connectivity index (χ0n) is 11.1. The van der Waals surface area contributed by atoms with Crippen LogP contribution in [0.4, 0.5) is 11.4 Å². The van der Waals surface area contributed by atoms with E-state index in [9.17, 15) is 9.59 Å². The Balaban J connectivity index is 2.22. The summed E-state index contributed by atoms with van der Waals surface area (Å²) in [5, 5.41) is 15.1. The predicted molar refractivity (Wildman–Crippen MR) is 73.0 cm³/mol. The lowest BCUT2D eigenvalue weighted by atomic mass is 10.1. The second kappa shape index (κ2) is 6.06. The number of nitrogens with one attached hydrogen (secondary N) is 1. The average Bonchev–Trinajstić information content (AvgIpc) is 2.87. The minimum atomic E-state index is -1.18. The van der Waals surface area contributed by atoms with E-state index in [1.165, 1.54) is 31.4 Å². The van der Waals surface area contributed by atoms with Crippen LogP contribution in [0.2, 0.25) is 0 Å². The average molecular weight is 291 g/mol. The normalized spacial score (nSPS) is 10.3. The quantitative estimate of drug-likeness (QED) is 0.709. The van der Waals surface area contributed by atoms with Crippen molar-refractivity contribution in [3.05, 3.63) is 41.3 Å². The first-order valence-electron chi connectivity index (χ1n) is 5.90. The Morgan fingerprint density at radius 1 is 1.43 bits per heavy atom. The molecule has 1 aromatic carbocycles. The van der Waals surface area contributed by atoms with E-state index in [2.05, 4.69) is 10.5 Å². The number of amides is 1. The molecular formula is C13H13N3O5. The van der Waals surface area contributed by atoms with Crippen LogP contribution in [0, 0.1) is 0 Å². The molecule has 2 rings (SSSR count). The number of nitrogens with zero attached hydrogens (tertiary/aromatic N) is 1. The molecule has 0 unspecified atom stereocenters. The van der Waals surface area contributed by atoms with Gasteiger partial charge in [-0.2, -0.15) is 0 Å². The number of carboxylic acids is 1. The molecule has 8 heteroatoms. The van der Waals surface area contributed by atoms with E-state index in [4.69, 9.17) is 20.1 Å². The number of rotatable bonds is 5. The fraction of sp³-hybridized carbons (Fsp3) is 0.154. The van der Waals surface area contributed by atoms with Crippen molar-refractivity contribution in [3.8, 4) is 0 Å². The maximum Gasteiger partial charge on any atom is 0.337 e. The van der Waals surface area contributed by atoms with Gasteiger partial charge in [0, 0.05) is 18.9 Å². The highest BCUT2D eigenvalue weighted by Crippen LogP contribution is 2.20. The van der Waals surface area contributed by atoms with Crippen LogP contribution < -0.4 is 11.1 Å². The number of carboxylic acid groups (broad SMARTS) is 1. The predicted octanol–water partition coefficient (Wildman–Crippen LogP) is 1.35. The molecule has 21 heavy (non-hydrogen) atoms. The first kappa shape index (κ1) is 14.5. The Labute approximate surface area is 119 Å². The van der Waals surface area contributed by atoms with E-state index >= 15 is 0 Å². The lowest BCUT2D eigenvalue weighted by Gasteiger charge is -2.07. The Kier molecular flexibility index (Phi) is 4.19. The Morgan fingerprint density at radius 2 is 2.19 bits per heavy atom. The van der Waals surface area contributed by atoms with Crippen LogP contribution in [-0.4, -0.2) is 29.2 Å². The highest BCUT2D eigenvalue weighted by atomic mass is 16.5. The van der Waals surface area contributed by atoms with E-state index in [0.29, 0.717) is 11.4 Å². The molecule has 1 aromatic heterocycles. The fourth-order valence-corrected chi connectivity index (χ4v) is 1.67. The van der Waals surface area contributed by atoms with E-state index < -0.39 is 11.9 Å². The molecule has 0 fully saturated rings. The summed E-state index contributed by atoms with van der Waals surface area (Å²) in [6.07, 6.45) is 0. The number of carbonyl (C=O) groups excluding carboxylic acids is 1. The lowest BCUT2D eigenvalue weighted by Crippen LogP contribution is -2.15. The second-order valence-electron chi connectivity index (χ2n) is 4.18. The molecule has 0 radical (unpaired) electrons. The summed E-state index contributed by atoms with van der Waals surface area (Å²) in [6, 6.07) is 5.52.